The predicted octanol–water partition coefficient (Wildman–Crippen LogP) is 2.79. The Labute approximate surface area is 128 Å². The third-order valence-corrected chi connectivity index (χ3v) is 2.93. The van der Waals surface area contributed by atoms with Gasteiger partial charge in [-0.15, -0.1) is 0 Å². The number of nitro benzene ring substituents is 1. The molecule has 2 aromatic rings. The van der Waals surface area contributed by atoms with Gasteiger partial charge in [-0.1, -0.05) is 0 Å². The number of aromatic nitrogens is 2. The van der Waals surface area contributed by atoms with Gasteiger partial charge in [0.2, 0.25) is 0 Å². The van der Waals surface area contributed by atoms with Crippen LogP contribution in [-0.4, -0.2) is 21.2 Å². The highest BCUT2D eigenvalue weighted by Crippen LogP contribution is 2.37. The molecule has 1 aromatic carbocycles. The van der Waals surface area contributed by atoms with Crippen molar-refractivity contribution in [2.24, 2.45) is 0 Å². The lowest BCUT2D eigenvalue weighted by Gasteiger charge is -2.11. The number of nitrogens with zero attached hydrogens (tertiary/aromatic N) is 4. The monoisotopic (exact) mass is 325 g/mol. The molecule has 1 aromatic heterocycles. The summed E-state index contributed by atoms with van der Waals surface area (Å²) in [5, 5.41) is 25.9. The third kappa shape index (κ3) is 3.97. The molecule has 0 bridgehead atoms. The van der Waals surface area contributed by atoms with Crippen LogP contribution in [-0.2, 0) is 12.7 Å². The van der Waals surface area contributed by atoms with Crippen LogP contribution >= 0.6 is 0 Å². The normalized spacial score (nSPS) is 11.0. The summed E-state index contributed by atoms with van der Waals surface area (Å²) in [6.07, 6.45) is -1.95. The zero-order chi connectivity index (χ0) is 17.0. The Hall–Kier alpha value is -3.09. The molecule has 0 spiro atoms. The van der Waals surface area contributed by atoms with Crippen LogP contribution in [0.5, 0.6) is 0 Å². The molecule has 10 heteroatoms. The van der Waals surface area contributed by atoms with Gasteiger partial charge in [0.1, 0.15) is 11.6 Å². The molecule has 0 aliphatic carbocycles. The zero-order valence-corrected chi connectivity index (χ0v) is 11.5. The van der Waals surface area contributed by atoms with E-state index in [1.807, 2.05) is 6.07 Å². The molecule has 1 N–H and O–H groups in total. The number of hydrogen-bond acceptors (Lipinski definition) is 5. The maximum atomic E-state index is 12.8. The van der Waals surface area contributed by atoms with Gasteiger partial charge in [0.05, 0.1) is 23.2 Å². The molecular weight excluding hydrogens is 315 g/mol. The van der Waals surface area contributed by atoms with Crippen molar-refractivity contribution < 1.29 is 18.1 Å². The molecular formula is C13H10F3N5O2. The molecule has 120 valence electrons. The maximum absolute atomic E-state index is 12.8. The highest BCUT2D eigenvalue weighted by molar-refractivity contribution is 5.55. The van der Waals surface area contributed by atoms with Gasteiger partial charge in [-0.05, 0) is 12.1 Å². The van der Waals surface area contributed by atoms with Crippen molar-refractivity contribution in [2.75, 3.05) is 11.9 Å². The van der Waals surface area contributed by atoms with E-state index in [1.54, 1.807) is 0 Å². The van der Waals surface area contributed by atoms with Crippen LogP contribution in [0.15, 0.2) is 30.6 Å². The molecule has 0 radical (unpaired) electrons. The second kappa shape index (κ2) is 6.35. The number of rotatable bonds is 5. The summed E-state index contributed by atoms with van der Waals surface area (Å²) in [6, 6.07) is 4.62. The van der Waals surface area contributed by atoms with Crippen LogP contribution in [0.3, 0.4) is 0 Å². The smallest absolute Gasteiger partial charge is 0.383 e. The van der Waals surface area contributed by atoms with Crippen molar-refractivity contribution in [2.45, 2.75) is 12.7 Å². The SMILES string of the molecule is N#Cc1cnn(CCNc2ccc([N+](=O)[O-])c(C(F)(F)F)c2)c1. The highest BCUT2D eigenvalue weighted by atomic mass is 19.4. The van der Waals surface area contributed by atoms with Gasteiger partial charge < -0.3 is 5.32 Å². The average Bonchev–Trinajstić information content (AvgIpc) is 2.94. The van der Waals surface area contributed by atoms with E-state index in [9.17, 15) is 23.3 Å². The van der Waals surface area contributed by atoms with E-state index < -0.39 is 22.4 Å². The van der Waals surface area contributed by atoms with Gasteiger partial charge in [0.15, 0.2) is 0 Å². The number of halogens is 3. The number of benzene rings is 1. The molecule has 23 heavy (non-hydrogen) atoms. The van der Waals surface area contributed by atoms with Gasteiger partial charge in [-0.25, -0.2) is 0 Å². The Balaban J connectivity index is 2.08. The molecule has 7 nitrogen and oxygen atoms in total. The molecule has 2 rings (SSSR count). The Morgan fingerprint density at radius 2 is 2.17 bits per heavy atom. The molecule has 0 atom stereocenters. The van der Waals surface area contributed by atoms with E-state index >= 15 is 0 Å². The lowest BCUT2D eigenvalue weighted by Crippen LogP contribution is -2.13. The molecule has 0 aliphatic heterocycles. The Morgan fingerprint density at radius 3 is 2.74 bits per heavy atom. The van der Waals surface area contributed by atoms with Crippen LogP contribution in [0.4, 0.5) is 24.5 Å². The van der Waals surface area contributed by atoms with Crippen LogP contribution in [0.1, 0.15) is 11.1 Å². The first-order valence-electron chi connectivity index (χ1n) is 6.33. The van der Waals surface area contributed by atoms with Crippen LogP contribution < -0.4 is 5.32 Å². The summed E-state index contributed by atoms with van der Waals surface area (Å²) in [4.78, 5) is 9.59. The average molecular weight is 325 g/mol. The molecule has 0 fully saturated rings. The summed E-state index contributed by atoms with van der Waals surface area (Å²) < 4.78 is 40.0. The number of nitriles is 1. The molecule has 0 aliphatic rings. The zero-order valence-electron chi connectivity index (χ0n) is 11.5. The summed E-state index contributed by atoms with van der Waals surface area (Å²) in [7, 11) is 0. The number of anilines is 1. The Bertz CT molecular complexity index is 764. The van der Waals surface area contributed by atoms with Crippen molar-refractivity contribution in [1.82, 2.24) is 9.78 Å². The molecule has 0 unspecified atom stereocenters. The Morgan fingerprint density at radius 1 is 1.43 bits per heavy atom. The van der Waals surface area contributed by atoms with Crippen molar-refractivity contribution in [3.8, 4) is 6.07 Å². The van der Waals surface area contributed by atoms with Gasteiger partial charge in [0.25, 0.3) is 5.69 Å². The number of hydrogen-bond donors (Lipinski definition) is 1. The summed E-state index contributed by atoms with van der Waals surface area (Å²) in [5.74, 6) is 0. The first-order chi connectivity index (χ1) is 10.8. The largest absolute Gasteiger partial charge is 0.423 e. The number of alkyl halides is 3. The minimum atomic E-state index is -4.82. The van der Waals surface area contributed by atoms with E-state index in [4.69, 9.17) is 5.26 Å². The van der Waals surface area contributed by atoms with Gasteiger partial charge >= 0.3 is 6.18 Å². The van der Waals surface area contributed by atoms with E-state index in [0.29, 0.717) is 18.2 Å². The third-order valence-electron chi connectivity index (χ3n) is 2.93. The minimum Gasteiger partial charge on any atom is -0.383 e. The molecule has 0 amide bonds. The standard InChI is InChI=1S/C13H10F3N5O2/c14-13(15,16)11-5-10(1-2-12(11)21(22)23)18-3-4-20-8-9(6-17)7-19-20/h1-2,5,7-8,18H,3-4H2. The van der Waals surface area contributed by atoms with E-state index in [1.165, 1.54) is 23.1 Å². The summed E-state index contributed by atoms with van der Waals surface area (Å²) in [6.45, 7) is 0.557. The molecule has 1 heterocycles. The second-order valence-corrected chi connectivity index (χ2v) is 4.52. The fourth-order valence-corrected chi connectivity index (χ4v) is 1.89. The number of nitro groups is 1. The van der Waals surface area contributed by atoms with Gasteiger partial charge in [-0.2, -0.15) is 23.5 Å². The predicted molar refractivity (Wildman–Crippen MR) is 73.5 cm³/mol. The maximum Gasteiger partial charge on any atom is 0.423 e. The van der Waals surface area contributed by atoms with Crippen LogP contribution in [0.2, 0.25) is 0 Å². The van der Waals surface area contributed by atoms with Crippen molar-refractivity contribution in [3.63, 3.8) is 0 Å². The van der Waals surface area contributed by atoms with Crippen molar-refractivity contribution in [1.29, 1.82) is 5.26 Å². The fraction of sp³-hybridized carbons (Fsp3) is 0.231. The minimum absolute atomic E-state index is 0.107. The van der Waals surface area contributed by atoms with Crippen LogP contribution in [0, 0.1) is 21.4 Å². The lowest BCUT2D eigenvalue weighted by molar-refractivity contribution is -0.388. The topological polar surface area (TPSA) is 96.8 Å². The first-order valence-corrected chi connectivity index (χ1v) is 6.33. The first kappa shape index (κ1) is 16.3. The summed E-state index contributed by atoms with van der Waals surface area (Å²) >= 11 is 0. The lowest BCUT2D eigenvalue weighted by atomic mass is 10.1. The Kier molecular flexibility index (Phi) is 4.49. The van der Waals surface area contributed by atoms with E-state index in [-0.39, 0.29) is 12.2 Å². The van der Waals surface area contributed by atoms with Gasteiger partial charge in [-0.3, -0.25) is 14.8 Å². The molecule has 0 saturated carbocycles. The van der Waals surface area contributed by atoms with Crippen molar-refractivity contribution >= 4 is 11.4 Å². The van der Waals surface area contributed by atoms with E-state index in [0.717, 1.165) is 6.07 Å². The molecule has 0 saturated heterocycles. The second-order valence-electron chi connectivity index (χ2n) is 4.52. The van der Waals surface area contributed by atoms with Crippen molar-refractivity contribution in [3.05, 3.63) is 51.8 Å². The quantitative estimate of drug-likeness (QED) is 0.673. The van der Waals surface area contributed by atoms with Crippen LogP contribution in [0.25, 0.3) is 0 Å². The fourth-order valence-electron chi connectivity index (χ4n) is 1.89. The highest BCUT2D eigenvalue weighted by Gasteiger charge is 2.38. The number of nitrogens with one attached hydrogen (secondary N) is 1. The van der Waals surface area contributed by atoms with E-state index in [2.05, 4.69) is 10.4 Å². The van der Waals surface area contributed by atoms with Gasteiger partial charge in [0, 0.05) is 24.5 Å². The summed E-state index contributed by atoms with van der Waals surface area (Å²) in [5.41, 5.74) is -1.82.